The van der Waals surface area contributed by atoms with Crippen molar-refractivity contribution < 1.29 is 9.59 Å². The third-order valence-electron chi connectivity index (χ3n) is 2.13. The van der Waals surface area contributed by atoms with E-state index in [9.17, 15) is 9.59 Å². The summed E-state index contributed by atoms with van der Waals surface area (Å²) in [5, 5.41) is 9.24. The summed E-state index contributed by atoms with van der Waals surface area (Å²) in [6.07, 6.45) is 2.31. The lowest BCUT2D eigenvalue weighted by Gasteiger charge is -2.15. The van der Waals surface area contributed by atoms with Crippen LogP contribution < -0.4 is 4.90 Å². The van der Waals surface area contributed by atoms with Gasteiger partial charge in [0.25, 0.3) is 11.8 Å². The zero-order chi connectivity index (χ0) is 11.7. The number of hydrogen-bond donors (Lipinski definition) is 0. The fourth-order valence-electron chi connectivity index (χ4n) is 1.42. The van der Waals surface area contributed by atoms with Gasteiger partial charge in [-0.1, -0.05) is 11.6 Å². The van der Waals surface area contributed by atoms with Gasteiger partial charge >= 0.3 is 0 Å². The summed E-state index contributed by atoms with van der Waals surface area (Å²) in [6.45, 7) is 0. The standard InChI is InChI=1S/C11H5ClN2O2/c12-8-2-1-7(6-13)9(5-8)14-10(15)3-4-11(14)16/h1-5H. The van der Waals surface area contributed by atoms with Crippen LogP contribution in [0, 0.1) is 11.3 Å². The predicted octanol–water partition coefficient (Wildman–Crippen LogP) is 1.64. The highest BCUT2D eigenvalue weighted by Gasteiger charge is 2.27. The first kappa shape index (κ1) is 10.4. The molecule has 0 atom stereocenters. The van der Waals surface area contributed by atoms with E-state index in [1.807, 2.05) is 6.07 Å². The number of amides is 2. The fourth-order valence-corrected chi connectivity index (χ4v) is 1.59. The average molecular weight is 233 g/mol. The molecule has 0 aromatic heterocycles. The monoisotopic (exact) mass is 232 g/mol. The Kier molecular flexibility index (Phi) is 2.47. The first-order valence-corrected chi connectivity index (χ1v) is 4.77. The maximum Gasteiger partial charge on any atom is 0.258 e. The number of benzene rings is 1. The zero-order valence-corrected chi connectivity index (χ0v) is 8.73. The summed E-state index contributed by atoms with van der Waals surface area (Å²) >= 11 is 5.77. The first-order chi connectivity index (χ1) is 7.63. The van der Waals surface area contributed by atoms with Gasteiger partial charge in [-0.15, -0.1) is 0 Å². The third kappa shape index (κ3) is 1.58. The van der Waals surface area contributed by atoms with E-state index < -0.39 is 11.8 Å². The molecule has 2 rings (SSSR count). The second-order valence-electron chi connectivity index (χ2n) is 3.12. The Labute approximate surface area is 96.3 Å². The summed E-state index contributed by atoms with van der Waals surface area (Å²) < 4.78 is 0. The molecule has 4 nitrogen and oxygen atoms in total. The summed E-state index contributed by atoms with van der Waals surface area (Å²) in [7, 11) is 0. The predicted molar refractivity (Wildman–Crippen MR) is 57.8 cm³/mol. The van der Waals surface area contributed by atoms with Crippen molar-refractivity contribution in [2.45, 2.75) is 0 Å². The summed E-state index contributed by atoms with van der Waals surface area (Å²) in [5.74, 6) is -0.937. The average Bonchev–Trinajstić information content (AvgIpc) is 2.58. The Morgan fingerprint density at radius 3 is 2.38 bits per heavy atom. The number of hydrogen-bond acceptors (Lipinski definition) is 3. The number of carbonyl (C=O) groups is 2. The summed E-state index contributed by atoms with van der Waals surface area (Å²) in [6, 6.07) is 6.33. The van der Waals surface area contributed by atoms with Gasteiger partial charge in [-0.25, -0.2) is 4.90 Å². The van der Waals surface area contributed by atoms with Crippen molar-refractivity contribution in [3.05, 3.63) is 40.9 Å². The summed E-state index contributed by atoms with van der Waals surface area (Å²) in [4.78, 5) is 23.8. The Morgan fingerprint density at radius 2 is 1.81 bits per heavy atom. The van der Waals surface area contributed by atoms with Gasteiger partial charge in [0.1, 0.15) is 6.07 Å². The molecule has 1 heterocycles. The van der Waals surface area contributed by atoms with E-state index in [1.165, 1.54) is 18.2 Å². The molecule has 16 heavy (non-hydrogen) atoms. The topological polar surface area (TPSA) is 61.2 Å². The van der Waals surface area contributed by atoms with Crippen LogP contribution in [0.4, 0.5) is 5.69 Å². The highest BCUT2D eigenvalue weighted by atomic mass is 35.5. The quantitative estimate of drug-likeness (QED) is 0.692. The van der Waals surface area contributed by atoms with Crippen LogP contribution in [-0.2, 0) is 9.59 Å². The highest BCUT2D eigenvalue weighted by molar-refractivity contribution is 6.32. The Morgan fingerprint density at radius 1 is 1.19 bits per heavy atom. The molecule has 0 N–H and O–H groups in total. The maximum absolute atomic E-state index is 11.4. The van der Waals surface area contributed by atoms with Crippen LogP contribution in [-0.4, -0.2) is 11.8 Å². The van der Waals surface area contributed by atoms with E-state index in [0.29, 0.717) is 5.02 Å². The molecule has 1 aliphatic heterocycles. The van der Waals surface area contributed by atoms with Crippen LogP contribution in [0.1, 0.15) is 5.56 Å². The lowest BCUT2D eigenvalue weighted by molar-refractivity contribution is -0.119. The van der Waals surface area contributed by atoms with Gasteiger partial charge in [0, 0.05) is 17.2 Å². The van der Waals surface area contributed by atoms with E-state index in [0.717, 1.165) is 17.1 Å². The Hall–Kier alpha value is -2.12. The number of imide groups is 1. The van der Waals surface area contributed by atoms with E-state index >= 15 is 0 Å². The van der Waals surface area contributed by atoms with Crippen molar-refractivity contribution in [2.75, 3.05) is 4.90 Å². The van der Waals surface area contributed by atoms with Crippen molar-refractivity contribution in [1.29, 1.82) is 5.26 Å². The minimum absolute atomic E-state index is 0.218. The smallest absolute Gasteiger partial charge is 0.258 e. The van der Waals surface area contributed by atoms with Crippen LogP contribution in [0.25, 0.3) is 0 Å². The van der Waals surface area contributed by atoms with Crippen molar-refractivity contribution in [2.24, 2.45) is 0 Å². The van der Waals surface area contributed by atoms with E-state index in [2.05, 4.69) is 0 Å². The lowest BCUT2D eigenvalue weighted by atomic mass is 10.2. The molecule has 78 valence electrons. The lowest BCUT2D eigenvalue weighted by Crippen LogP contribution is -2.30. The van der Waals surface area contributed by atoms with E-state index in [1.54, 1.807) is 0 Å². The third-order valence-corrected chi connectivity index (χ3v) is 2.37. The number of rotatable bonds is 1. The normalized spacial score (nSPS) is 14.4. The highest BCUT2D eigenvalue weighted by Crippen LogP contribution is 2.26. The Balaban J connectivity index is 2.56. The van der Waals surface area contributed by atoms with Gasteiger partial charge in [0.15, 0.2) is 0 Å². The molecular formula is C11H5ClN2O2. The SMILES string of the molecule is N#Cc1ccc(Cl)cc1N1C(=O)C=CC1=O. The van der Waals surface area contributed by atoms with Gasteiger partial charge in [-0.3, -0.25) is 9.59 Å². The molecule has 1 aromatic rings. The molecule has 0 saturated carbocycles. The van der Waals surface area contributed by atoms with Gasteiger partial charge in [-0.05, 0) is 18.2 Å². The molecule has 1 aromatic carbocycles. The number of nitriles is 1. The molecule has 1 aliphatic rings. The number of anilines is 1. The zero-order valence-electron chi connectivity index (χ0n) is 7.98. The van der Waals surface area contributed by atoms with Crippen LogP contribution in [0.3, 0.4) is 0 Å². The van der Waals surface area contributed by atoms with E-state index in [4.69, 9.17) is 16.9 Å². The molecule has 5 heteroatoms. The number of halogens is 1. The van der Waals surface area contributed by atoms with Gasteiger partial charge in [-0.2, -0.15) is 5.26 Å². The fraction of sp³-hybridized carbons (Fsp3) is 0. The van der Waals surface area contributed by atoms with Crippen LogP contribution >= 0.6 is 11.6 Å². The molecular weight excluding hydrogens is 228 g/mol. The number of carbonyl (C=O) groups excluding carboxylic acids is 2. The molecule has 0 unspecified atom stereocenters. The molecule has 0 bridgehead atoms. The molecule has 0 spiro atoms. The van der Waals surface area contributed by atoms with E-state index in [-0.39, 0.29) is 11.3 Å². The second kappa shape index (κ2) is 3.80. The Bertz CT molecular complexity index is 540. The van der Waals surface area contributed by atoms with Crippen molar-refractivity contribution in [3.8, 4) is 6.07 Å². The van der Waals surface area contributed by atoms with Crippen LogP contribution in [0.5, 0.6) is 0 Å². The van der Waals surface area contributed by atoms with Crippen LogP contribution in [0.2, 0.25) is 5.02 Å². The van der Waals surface area contributed by atoms with Crippen molar-refractivity contribution >= 4 is 29.1 Å². The van der Waals surface area contributed by atoms with Gasteiger partial charge in [0.05, 0.1) is 11.3 Å². The molecule has 0 aliphatic carbocycles. The maximum atomic E-state index is 11.4. The molecule has 0 radical (unpaired) electrons. The van der Waals surface area contributed by atoms with Crippen LogP contribution in [0.15, 0.2) is 30.4 Å². The first-order valence-electron chi connectivity index (χ1n) is 4.39. The molecule has 0 fully saturated rings. The van der Waals surface area contributed by atoms with Gasteiger partial charge in [0.2, 0.25) is 0 Å². The van der Waals surface area contributed by atoms with Crippen molar-refractivity contribution in [1.82, 2.24) is 0 Å². The number of nitrogens with zero attached hydrogens (tertiary/aromatic N) is 2. The molecule has 0 saturated heterocycles. The minimum Gasteiger partial charge on any atom is -0.269 e. The largest absolute Gasteiger partial charge is 0.269 e. The van der Waals surface area contributed by atoms with Crippen molar-refractivity contribution in [3.63, 3.8) is 0 Å². The molecule has 2 amide bonds. The van der Waals surface area contributed by atoms with Gasteiger partial charge < -0.3 is 0 Å². The summed E-state index contributed by atoms with van der Waals surface area (Å²) in [5.41, 5.74) is 0.449. The minimum atomic E-state index is -0.469. The second-order valence-corrected chi connectivity index (χ2v) is 3.55.